The van der Waals surface area contributed by atoms with Crippen LogP contribution in [0.4, 0.5) is 0 Å². The fourth-order valence-corrected chi connectivity index (χ4v) is 1.94. The summed E-state index contributed by atoms with van der Waals surface area (Å²) in [5.41, 5.74) is 0. The number of likely N-dealkylation sites (tertiary alicyclic amines) is 1. The van der Waals surface area contributed by atoms with Gasteiger partial charge in [0.25, 0.3) is 0 Å². The van der Waals surface area contributed by atoms with Crippen molar-refractivity contribution in [2.75, 3.05) is 6.54 Å². The highest BCUT2D eigenvalue weighted by Gasteiger charge is 2.25. The molecule has 0 spiro atoms. The Labute approximate surface area is 73.4 Å². The summed E-state index contributed by atoms with van der Waals surface area (Å²) in [4.78, 5) is 12.6. The van der Waals surface area contributed by atoms with E-state index in [1.807, 2.05) is 0 Å². The third kappa shape index (κ3) is 2.21. The van der Waals surface area contributed by atoms with Crippen molar-refractivity contribution in [2.45, 2.75) is 45.2 Å². The molecule has 0 radical (unpaired) electrons. The highest BCUT2D eigenvalue weighted by atomic mass is 16.5. The molecule has 0 aromatic heterocycles. The van der Waals surface area contributed by atoms with Gasteiger partial charge in [0.2, 0.25) is 0 Å². The van der Waals surface area contributed by atoms with Crippen LogP contribution in [0.15, 0.2) is 0 Å². The fourth-order valence-electron chi connectivity index (χ4n) is 1.94. The van der Waals surface area contributed by atoms with E-state index in [1.54, 1.807) is 0 Å². The summed E-state index contributed by atoms with van der Waals surface area (Å²) >= 11 is 0. The standard InChI is InChI=1S/C9H17NO2/c1-7-4-3-5-8(2)10(7)6-9(11)12/h7-8H,3-6H2,1-2H3,(H,11,12)/t7-,8+/i1+1,6+1,9+1/m0/s1. The van der Waals surface area contributed by atoms with E-state index in [2.05, 4.69) is 18.7 Å². The Balaban J connectivity index is 2.50. The number of nitrogens with zero attached hydrogens (tertiary/aromatic N) is 1. The van der Waals surface area contributed by atoms with Crippen LogP contribution < -0.4 is 0 Å². The first-order chi connectivity index (χ1) is 5.61. The quantitative estimate of drug-likeness (QED) is 0.642. The first-order valence-electron chi connectivity index (χ1n) is 4.59. The van der Waals surface area contributed by atoms with Gasteiger partial charge in [-0.1, -0.05) is 6.42 Å². The van der Waals surface area contributed by atoms with Gasteiger partial charge in [-0.05, 0) is 26.7 Å². The van der Waals surface area contributed by atoms with Crippen LogP contribution in [0.1, 0.15) is 33.1 Å². The van der Waals surface area contributed by atoms with Gasteiger partial charge in [0.1, 0.15) is 0 Å². The van der Waals surface area contributed by atoms with E-state index in [0.29, 0.717) is 12.1 Å². The van der Waals surface area contributed by atoms with Crippen molar-refractivity contribution in [1.29, 1.82) is 0 Å². The largest absolute Gasteiger partial charge is 0.480 e. The van der Waals surface area contributed by atoms with Gasteiger partial charge in [0.15, 0.2) is 0 Å². The van der Waals surface area contributed by atoms with Crippen LogP contribution >= 0.6 is 0 Å². The lowest BCUT2D eigenvalue weighted by molar-refractivity contribution is -0.140. The van der Waals surface area contributed by atoms with Gasteiger partial charge < -0.3 is 5.11 Å². The molecule has 12 heavy (non-hydrogen) atoms. The molecular weight excluding hydrogens is 157 g/mol. The molecule has 0 amide bonds. The van der Waals surface area contributed by atoms with Crippen LogP contribution in [0.2, 0.25) is 0 Å². The zero-order chi connectivity index (χ0) is 9.14. The van der Waals surface area contributed by atoms with Gasteiger partial charge in [-0.2, -0.15) is 0 Å². The summed E-state index contributed by atoms with van der Waals surface area (Å²) in [5.74, 6) is -0.712. The van der Waals surface area contributed by atoms with Gasteiger partial charge in [-0.15, -0.1) is 0 Å². The number of rotatable bonds is 2. The van der Waals surface area contributed by atoms with Crippen LogP contribution in [0.25, 0.3) is 0 Å². The average molecular weight is 174 g/mol. The maximum Gasteiger partial charge on any atom is 0.317 e. The molecule has 1 fully saturated rings. The second-order valence-electron chi connectivity index (χ2n) is 3.70. The van der Waals surface area contributed by atoms with Gasteiger partial charge in [0, 0.05) is 12.1 Å². The lowest BCUT2D eigenvalue weighted by atomic mass is 10.0. The SMILES string of the molecule is C[C@@H]1CCC[C@H]([13CH3])N1[13CH2][13C](=O)O. The molecule has 0 bridgehead atoms. The van der Waals surface area contributed by atoms with Crippen molar-refractivity contribution in [3.8, 4) is 0 Å². The Morgan fingerprint density at radius 1 is 1.42 bits per heavy atom. The molecule has 0 aromatic carbocycles. The molecule has 0 unspecified atom stereocenters. The van der Waals surface area contributed by atoms with E-state index < -0.39 is 5.97 Å². The minimum Gasteiger partial charge on any atom is -0.480 e. The van der Waals surface area contributed by atoms with Crippen molar-refractivity contribution in [1.82, 2.24) is 4.90 Å². The first-order valence-corrected chi connectivity index (χ1v) is 4.59. The molecule has 3 heteroatoms. The normalized spacial score (nSPS) is 31.8. The lowest BCUT2D eigenvalue weighted by Crippen LogP contribution is -2.46. The molecule has 2 atom stereocenters. The first kappa shape index (κ1) is 9.52. The van der Waals surface area contributed by atoms with Crippen molar-refractivity contribution in [2.24, 2.45) is 0 Å². The number of hydrogen-bond acceptors (Lipinski definition) is 2. The fraction of sp³-hybridized carbons (Fsp3) is 0.889. The molecule has 0 aliphatic carbocycles. The molecule has 0 saturated carbocycles. The zero-order valence-corrected chi connectivity index (χ0v) is 7.79. The molecule has 1 saturated heterocycles. The smallest absolute Gasteiger partial charge is 0.317 e. The summed E-state index contributed by atoms with van der Waals surface area (Å²) in [6.07, 6.45) is 3.51. The van der Waals surface area contributed by atoms with E-state index in [9.17, 15) is 4.79 Å². The molecular formula is C9H17NO2. The summed E-state index contributed by atoms with van der Waals surface area (Å²) < 4.78 is 0. The van der Waals surface area contributed by atoms with E-state index >= 15 is 0 Å². The third-order valence-electron chi connectivity index (χ3n) is 2.69. The highest BCUT2D eigenvalue weighted by molar-refractivity contribution is 5.69. The number of aliphatic carboxylic acids is 1. The van der Waals surface area contributed by atoms with Gasteiger partial charge in [-0.3, -0.25) is 9.69 Å². The second kappa shape index (κ2) is 3.90. The maximum atomic E-state index is 10.5. The molecule has 1 aliphatic heterocycles. The Morgan fingerprint density at radius 2 is 1.92 bits per heavy atom. The minimum absolute atomic E-state index is 0.197. The average Bonchev–Trinajstić information content (AvgIpc) is 1.97. The van der Waals surface area contributed by atoms with Crippen molar-refractivity contribution >= 4 is 5.97 Å². The lowest BCUT2D eigenvalue weighted by Gasteiger charge is -2.37. The van der Waals surface area contributed by atoms with Gasteiger partial charge >= 0.3 is 5.97 Å². The number of carbonyl (C=O) groups is 1. The Morgan fingerprint density at radius 3 is 2.33 bits per heavy atom. The molecule has 70 valence electrons. The predicted molar refractivity (Wildman–Crippen MR) is 47.1 cm³/mol. The number of piperidine rings is 1. The topological polar surface area (TPSA) is 40.5 Å². The van der Waals surface area contributed by atoms with Crippen LogP contribution in [0.3, 0.4) is 0 Å². The second-order valence-corrected chi connectivity index (χ2v) is 3.70. The summed E-state index contributed by atoms with van der Waals surface area (Å²) in [6.45, 7) is 4.42. The Kier molecular flexibility index (Phi) is 3.09. The Hall–Kier alpha value is -0.570. The van der Waals surface area contributed by atoms with Crippen molar-refractivity contribution in [3.05, 3.63) is 0 Å². The molecule has 0 aromatic rings. The zero-order valence-electron chi connectivity index (χ0n) is 7.79. The van der Waals surface area contributed by atoms with E-state index in [-0.39, 0.29) is 6.54 Å². The van der Waals surface area contributed by atoms with Crippen molar-refractivity contribution < 1.29 is 9.90 Å². The summed E-state index contributed by atoms with van der Waals surface area (Å²) in [5, 5.41) is 8.66. The van der Waals surface area contributed by atoms with Gasteiger partial charge in [0.05, 0.1) is 6.54 Å². The van der Waals surface area contributed by atoms with E-state index in [4.69, 9.17) is 5.11 Å². The molecule has 3 nitrogen and oxygen atoms in total. The number of carboxylic acids is 1. The predicted octanol–water partition coefficient (Wildman–Crippen LogP) is 1.33. The minimum atomic E-state index is -0.712. The van der Waals surface area contributed by atoms with Crippen LogP contribution in [-0.2, 0) is 4.79 Å². The van der Waals surface area contributed by atoms with Gasteiger partial charge in [-0.25, -0.2) is 0 Å². The maximum absolute atomic E-state index is 10.5. The van der Waals surface area contributed by atoms with Crippen LogP contribution in [0.5, 0.6) is 0 Å². The van der Waals surface area contributed by atoms with Crippen LogP contribution in [-0.4, -0.2) is 34.6 Å². The summed E-state index contributed by atoms with van der Waals surface area (Å²) in [6, 6.07) is 0.870. The Bertz CT molecular complexity index is 160. The van der Waals surface area contributed by atoms with E-state index in [1.165, 1.54) is 6.42 Å². The third-order valence-corrected chi connectivity index (χ3v) is 2.69. The van der Waals surface area contributed by atoms with E-state index in [0.717, 1.165) is 12.8 Å². The molecule has 1 rings (SSSR count). The summed E-state index contributed by atoms with van der Waals surface area (Å²) in [7, 11) is 0. The van der Waals surface area contributed by atoms with Crippen molar-refractivity contribution in [3.63, 3.8) is 0 Å². The molecule has 1 N–H and O–H groups in total. The molecule has 1 aliphatic rings. The monoisotopic (exact) mass is 174 g/mol. The number of carboxylic acid groups (broad SMARTS) is 1. The van der Waals surface area contributed by atoms with Crippen LogP contribution in [0, 0.1) is 0 Å². The molecule has 1 heterocycles. The number of hydrogen-bond donors (Lipinski definition) is 1. The highest BCUT2D eigenvalue weighted by Crippen LogP contribution is 2.21.